The van der Waals surface area contributed by atoms with Crippen LogP contribution in [0.25, 0.3) is 0 Å². The summed E-state index contributed by atoms with van der Waals surface area (Å²) in [4.78, 5) is 0. The molecule has 3 rings (SSSR count). The number of alkyl halides is 6. The van der Waals surface area contributed by atoms with E-state index < -0.39 is 30.0 Å². The molecule has 0 unspecified atom stereocenters. The third-order valence-electron chi connectivity index (χ3n) is 4.97. The molecule has 4 nitrogen and oxygen atoms in total. The summed E-state index contributed by atoms with van der Waals surface area (Å²) in [6.45, 7) is 1.27. The lowest BCUT2D eigenvalue weighted by Crippen LogP contribution is -2.58. The molecule has 2 saturated heterocycles. The molecule has 0 saturated carbocycles. The largest absolute Gasteiger partial charge is 0.408 e. The van der Waals surface area contributed by atoms with Crippen LogP contribution >= 0.6 is 0 Å². The molecule has 0 spiro atoms. The normalized spacial score (nSPS) is 29.3. The molecular formula is C18H24F6N2O2. The highest BCUT2D eigenvalue weighted by Crippen LogP contribution is 2.38. The molecule has 2 aliphatic heterocycles. The average Bonchev–Trinajstić information content (AvgIpc) is 3.26. The van der Waals surface area contributed by atoms with Crippen molar-refractivity contribution in [1.29, 1.82) is 0 Å². The summed E-state index contributed by atoms with van der Waals surface area (Å²) in [5, 5.41) is 2.70. The summed E-state index contributed by atoms with van der Waals surface area (Å²) in [6, 6.07) is 8.75. The van der Waals surface area contributed by atoms with Crippen LogP contribution in [0.1, 0.15) is 31.4 Å². The molecule has 2 heterocycles. The molecule has 0 radical (unpaired) electrons. The van der Waals surface area contributed by atoms with Crippen molar-refractivity contribution in [2.75, 3.05) is 26.4 Å². The molecule has 0 aliphatic carbocycles. The fourth-order valence-corrected chi connectivity index (χ4v) is 3.03. The van der Waals surface area contributed by atoms with Crippen LogP contribution in [0.2, 0.25) is 0 Å². The Morgan fingerprint density at radius 1 is 0.929 bits per heavy atom. The Morgan fingerprint density at radius 2 is 1.50 bits per heavy atom. The maximum absolute atomic E-state index is 13.1. The molecule has 2 aliphatic rings. The average molecular weight is 414 g/mol. The number of rotatable bonds is 3. The Morgan fingerprint density at radius 3 is 1.89 bits per heavy atom. The minimum atomic E-state index is -4.33. The molecule has 2 fully saturated rings. The fraction of sp³-hybridized carbons (Fsp3) is 0.667. The van der Waals surface area contributed by atoms with Crippen molar-refractivity contribution in [3.8, 4) is 0 Å². The Kier molecular flexibility index (Phi) is 7.01. The highest BCUT2D eigenvalue weighted by molar-refractivity contribution is 5.19. The highest BCUT2D eigenvalue weighted by atomic mass is 19.4. The van der Waals surface area contributed by atoms with Crippen molar-refractivity contribution in [3.05, 3.63) is 35.9 Å². The topological polar surface area (TPSA) is 56.5 Å². The van der Waals surface area contributed by atoms with Gasteiger partial charge in [-0.05, 0) is 18.9 Å². The van der Waals surface area contributed by atoms with E-state index in [1.807, 2.05) is 30.3 Å². The van der Waals surface area contributed by atoms with Crippen molar-refractivity contribution in [1.82, 2.24) is 5.32 Å². The number of hydrogen-bond donors (Lipinski definition) is 2. The van der Waals surface area contributed by atoms with E-state index in [1.165, 1.54) is 0 Å². The Hall–Kier alpha value is -1.36. The zero-order valence-corrected chi connectivity index (χ0v) is 15.4. The minimum Gasteiger partial charge on any atom is -0.379 e. The number of hydrogen-bond acceptors (Lipinski definition) is 4. The second-order valence-corrected chi connectivity index (χ2v) is 7.12. The van der Waals surface area contributed by atoms with Gasteiger partial charge in [-0.15, -0.1) is 0 Å². The predicted molar refractivity (Wildman–Crippen MR) is 90.6 cm³/mol. The van der Waals surface area contributed by atoms with Gasteiger partial charge in [-0.2, -0.15) is 26.3 Å². The first kappa shape index (κ1) is 22.9. The van der Waals surface area contributed by atoms with E-state index in [-0.39, 0.29) is 38.7 Å². The standard InChI is InChI=1S/C13H16F3NO.C5H8F3NO/c1-10(11-5-3-2-4-6-11)17-12(13(14,15)16)7-8-18-9-12;6-5(7,8)4(9)1-2-10-3-4/h2-6,10,17H,7-9H2,1H3;1-3,9H2/t10-,12+;4-/m01/s1. The van der Waals surface area contributed by atoms with Crippen molar-refractivity contribution < 1.29 is 35.8 Å². The van der Waals surface area contributed by atoms with Gasteiger partial charge in [-0.3, -0.25) is 5.32 Å². The van der Waals surface area contributed by atoms with E-state index in [0.29, 0.717) is 0 Å². The van der Waals surface area contributed by atoms with Gasteiger partial charge < -0.3 is 15.2 Å². The van der Waals surface area contributed by atoms with Gasteiger partial charge in [0.15, 0.2) is 0 Å². The monoisotopic (exact) mass is 414 g/mol. The first-order valence-corrected chi connectivity index (χ1v) is 8.81. The molecule has 1 aromatic rings. The van der Waals surface area contributed by atoms with Crippen molar-refractivity contribution in [2.24, 2.45) is 5.73 Å². The van der Waals surface area contributed by atoms with Gasteiger partial charge in [-0.25, -0.2) is 0 Å². The number of nitrogens with one attached hydrogen (secondary N) is 1. The van der Waals surface area contributed by atoms with Crippen LogP contribution in [0.3, 0.4) is 0 Å². The minimum absolute atomic E-state index is 0.0341. The lowest BCUT2D eigenvalue weighted by Gasteiger charge is -2.34. The van der Waals surface area contributed by atoms with Gasteiger partial charge in [0.25, 0.3) is 0 Å². The molecule has 0 amide bonds. The van der Waals surface area contributed by atoms with Gasteiger partial charge >= 0.3 is 12.4 Å². The third-order valence-corrected chi connectivity index (χ3v) is 4.97. The summed E-state index contributed by atoms with van der Waals surface area (Å²) in [7, 11) is 0. The molecule has 160 valence electrons. The van der Waals surface area contributed by atoms with Crippen LogP contribution in [-0.4, -0.2) is 49.9 Å². The summed E-state index contributed by atoms with van der Waals surface area (Å²) in [6.07, 6.45) is -8.79. The molecule has 0 aromatic heterocycles. The molecule has 10 heteroatoms. The quantitative estimate of drug-likeness (QED) is 0.741. The number of ether oxygens (including phenoxy) is 2. The molecule has 0 bridgehead atoms. The Balaban J connectivity index is 0.000000237. The number of benzene rings is 1. The van der Waals surface area contributed by atoms with Crippen LogP contribution in [0.15, 0.2) is 30.3 Å². The van der Waals surface area contributed by atoms with Crippen LogP contribution in [0, 0.1) is 0 Å². The number of nitrogens with two attached hydrogens (primary N) is 1. The summed E-state index contributed by atoms with van der Waals surface area (Å²) in [5.41, 5.74) is 1.82. The summed E-state index contributed by atoms with van der Waals surface area (Å²) >= 11 is 0. The van der Waals surface area contributed by atoms with Crippen LogP contribution in [0.4, 0.5) is 26.3 Å². The number of halogens is 6. The Bertz CT molecular complexity index is 609. The summed E-state index contributed by atoms with van der Waals surface area (Å²) in [5.74, 6) is 0. The van der Waals surface area contributed by atoms with E-state index in [2.05, 4.69) is 10.1 Å². The third kappa shape index (κ3) is 5.16. The van der Waals surface area contributed by atoms with E-state index in [9.17, 15) is 26.3 Å². The van der Waals surface area contributed by atoms with Crippen LogP contribution in [0.5, 0.6) is 0 Å². The van der Waals surface area contributed by atoms with Gasteiger partial charge in [0.05, 0.1) is 13.2 Å². The lowest BCUT2D eigenvalue weighted by atomic mass is 9.95. The molecular weight excluding hydrogens is 390 g/mol. The van der Waals surface area contributed by atoms with Crippen LogP contribution in [-0.2, 0) is 9.47 Å². The zero-order valence-electron chi connectivity index (χ0n) is 15.4. The highest BCUT2D eigenvalue weighted by Gasteiger charge is 2.57. The van der Waals surface area contributed by atoms with E-state index >= 15 is 0 Å². The zero-order chi connectivity index (χ0) is 21.1. The van der Waals surface area contributed by atoms with Gasteiger partial charge in [0, 0.05) is 25.7 Å². The van der Waals surface area contributed by atoms with E-state index in [1.54, 1.807) is 6.92 Å². The smallest absolute Gasteiger partial charge is 0.379 e. The SMILES string of the molecule is C[C@H](N[C@]1(C(F)(F)F)CCOC1)c1ccccc1.N[C@]1(C(F)(F)F)CCOC1. The van der Waals surface area contributed by atoms with Crippen molar-refractivity contribution in [3.63, 3.8) is 0 Å². The Labute approximate surface area is 159 Å². The molecule has 28 heavy (non-hydrogen) atoms. The van der Waals surface area contributed by atoms with E-state index in [0.717, 1.165) is 5.56 Å². The molecule has 1 aromatic carbocycles. The predicted octanol–water partition coefficient (Wildman–Crippen LogP) is 3.73. The fourth-order valence-electron chi connectivity index (χ4n) is 3.03. The first-order chi connectivity index (χ1) is 12.9. The maximum atomic E-state index is 13.1. The molecule has 3 N–H and O–H groups in total. The van der Waals surface area contributed by atoms with Crippen molar-refractivity contribution >= 4 is 0 Å². The lowest BCUT2D eigenvalue weighted by molar-refractivity contribution is -0.198. The van der Waals surface area contributed by atoms with E-state index in [4.69, 9.17) is 10.5 Å². The van der Waals surface area contributed by atoms with Gasteiger partial charge in [-0.1, -0.05) is 30.3 Å². The second kappa shape index (κ2) is 8.56. The van der Waals surface area contributed by atoms with Gasteiger partial charge in [0.1, 0.15) is 11.1 Å². The van der Waals surface area contributed by atoms with Gasteiger partial charge in [0.2, 0.25) is 0 Å². The summed E-state index contributed by atoms with van der Waals surface area (Å²) < 4.78 is 84.8. The first-order valence-electron chi connectivity index (χ1n) is 8.81. The maximum Gasteiger partial charge on any atom is 0.408 e. The van der Waals surface area contributed by atoms with Crippen molar-refractivity contribution in [2.45, 2.75) is 49.2 Å². The van der Waals surface area contributed by atoms with Crippen LogP contribution < -0.4 is 11.1 Å². The molecule has 3 atom stereocenters. The second-order valence-electron chi connectivity index (χ2n) is 7.12.